The van der Waals surface area contributed by atoms with Crippen molar-refractivity contribution in [3.63, 3.8) is 0 Å². The Morgan fingerprint density at radius 1 is 1.22 bits per heavy atom. The van der Waals surface area contributed by atoms with E-state index in [2.05, 4.69) is 5.10 Å². The first kappa shape index (κ1) is 18.1. The van der Waals surface area contributed by atoms with Crippen LogP contribution in [0.2, 0.25) is 10.0 Å². The Hall–Kier alpha value is -2.25. The van der Waals surface area contributed by atoms with Gasteiger partial charge in [0.25, 0.3) is 5.56 Å². The van der Waals surface area contributed by atoms with Crippen LogP contribution >= 0.6 is 23.2 Å². The molecule has 142 valence electrons. The van der Waals surface area contributed by atoms with Gasteiger partial charge >= 0.3 is 0 Å². The van der Waals surface area contributed by atoms with E-state index in [-0.39, 0.29) is 28.5 Å². The van der Waals surface area contributed by atoms with E-state index >= 15 is 0 Å². The fourth-order valence-electron chi connectivity index (χ4n) is 3.46. The molecule has 2 aliphatic rings. The van der Waals surface area contributed by atoms with Gasteiger partial charge in [-0.15, -0.1) is 0 Å². The molecule has 2 aliphatic heterocycles. The van der Waals surface area contributed by atoms with Gasteiger partial charge in [0.05, 0.1) is 17.3 Å². The fraction of sp³-hybridized carbons (Fsp3) is 0.389. The molecule has 0 bridgehead atoms. The average Bonchev–Trinajstić information content (AvgIpc) is 3.18. The topological polar surface area (TPSA) is 73.7 Å². The van der Waals surface area contributed by atoms with Crippen LogP contribution in [0, 0.1) is 0 Å². The molecule has 0 radical (unpaired) electrons. The second-order valence-corrected chi connectivity index (χ2v) is 7.20. The molecule has 3 heterocycles. The number of halogens is 2. The lowest BCUT2D eigenvalue weighted by molar-refractivity contribution is -0.133. The minimum Gasteiger partial charge on any atom is -0.486 e. The van der Waals surface area contributed by atoms with Gasteiger partial charge in [-0.2, -0.15) is 5.10 Å². The zero-order chi connectivity index (χ0) is 19.0. The lowest BCUT2D eigenvalue weighted by atomic mass is 10.0. The van der Waals surface area contributed by atoms with Crippen molar-refractivity contribution < 1.29 is 14.3 Å². The number of fused-ring (bicyclic) bond motifs is 1. The number of carbonyl (C=O) groups is 1. The highest BCUT2D eigenvalue weighted by molar-refractivity contribution is 6.41. The van der Waals surface area contributed by atoms with Gasteiger partial charge in [-0.25, -0.2) is 4.68 Å². The van der Waals surface area contributed by atoms with Crippen LogP contribution in [0.4, 0.5) is 0 Å². The number of likely N-dealkylation sites (tertiary alicyclic amines) is 1. The summed E-state index contributed by atoms with van der Waals surface area (Å²) in [6.07, 6.45) is 2.99. The molecule has 7 nitrogen and oxygen atoms in total. The van der Waals surface area contributed by atoms with E-state index in [1.165, 1.54) is 6.20 Å². The van der Waals surface area contributed by atoms with Gasteiger partial charge in [-0.05, 0) is 30.5 Å². The average molecular weight is 410 g/mol. The summed E-state index contributed by atoms with van der Waals surface area (Å²) >= 11 is 11.6. The van der Waals surface area contributed by atoms with Gasteiger partial charge < -0.3 is 14.4 Å². The molecule has 1 saturated heterocycles. The van der Waals surface area contributed by atoms with E-state index in [1.54, 1.807) is 4.90 Å². The Morgan fingerprint density at radius 3 is 2.81 bits per heavy atom. The largest absolute Gasteiger partial charge is 0.486 e. The number of aromatic nitrogens is 2. The summed E-state index contributed by atoms with van der Waals surface area (Å²) in [6.45, 7) is 1.48. The second kappa shape index (κ2) is 7.40. The van der Waals surface area contributed by atoms with Crippen molar-refractivity contribution in [1.29, 1.82) is 0 Å². The SMILES string of the molecule is O=C(Cn1ncc(Cl)c(Cl)c1=O)N1CCC[C@H]1c1ccc2c(c1)OCCO2. The van der Waals surface area contributed by atoms with Crippen LogP contribution in [0.15, 0.2) is 29.2 Å². The Bertz CT molecular complexity index is 947. The predicted octanol–water partition coefficient (Wildman–Crippen LogP) is 2.69. The molecule has 4 rings (SSSR count). The van der Waals surface area contributed by atoms with E-state index in [0.717, 1.165) is 23.1 Å². The summed E-state index contributed by atoms with van der Waals surface area (Å²) in [5.74, 6) is 1.22. The molecule has 0 unspecified atom stereocenters. The van der Waals surface area contributed by atoms with Gasteiger partial charge in [0.2, 0.25) is 5.91 Å². The monoisotopic (exact) mass is 409 g/mol. The summed E-state index contributed by atoms with van der Waals surface area (Å²) in [5.41, 5.74) is 0.409. The zero-order valence-corrected chi connectivity index (χ0v) is 15.9. The number of carbonyl (C=O) groups excluding carboxylic acids is 1. The molecule has 0 saturated carbocycles. The predicted molar refractivity (Wildman–Crippen MR) is 99.6 cm³/mol. The molecule has 1 atom stereocenters. The molecule has 2 aromatic rings. The van der Waals surface area contributed by atoms with Crippen molar-refractivity contribution >= 4 is 29.1 Å². The molecule has 0 N–H and O–H groups in total. The summed E-state index contributed by atoms with van der Waals surface area (Å²) in [7, 11) is 0. The standard InChI is InChI=1S/C18H17Cl2N3O4/c19-12-9-21-23(18(25)17(12)20)10-16(24)22-5-1-2-13(22)11-3-4-14-15(8-11)27-7-6-26-14/h3-4,8-9,13H,1-2,5-7,10H2/t13-/m0/s1. The van der Waals surface area contributed by atoms with E-state index in [1.807, 2.05) is 18.2 Å². The fourth-order valence-corrected chi connectivity index (χ4v) is 3.73. The quantitative estimate of drug-likeness (QED) is 0.778. The van der Waals surface area contributed by atoms with Crippen LogP contribution in [-0.4, -0.2) is 40.3 Å². The van der Waals surface area contributed by atoms with Crippen LogP contribution in [0.25, 0.3) is 0 Å². The molecule has 1 aromatic heterocycles. The molecule has 1 amide bonds. The molecule has 1 aromatic carbocycles. The normalized spacial score (nSPS) is 18.6. The van der Waals surface area contributed by atoms with Crippen molar-refractivity contribution in [2.45, 2.75) is 25.4 Å². The van der Waals surface area contributed by atoms with Crippen LogP contribution in [0.5, 0.6) is 11.5 Å². The maximum Gasteiger partial charge on any atom is 0.287 e. The van der Waals surface area contributed by atoms with Crippen LogP contribution < -0.4 is 15.0 Å². The number of nitrogens with zero attached hydrogens (tertiary/aromatic N) is 3. The third-order valence-corrected chi connectivity index (χ3v) is 5.50. The van der Waals surface area contributed by atoms with Crippen LogP contribution in [0.3, 0.4) is 0 Å². The van der Waals surface area contributed by atoms with Crippen molar-refractivity contribution in [2.24, 2.45) is 0 Å². The Morgan fingerprint density at radius 2 is 2.00 bits per heavy atom. The van der Waals surface area contributed by atoms with Crippen LogP contribution in [-0.2, 0) is 11.3 Å². The Kier molecular flexibility index (Phi) is 4.97. The highest BCUT2D eigenvalue weighted by Gasteiger charge is 2.31. The third kappa shape index (κ3) is 3.49. The Balaban J connectivity index is 1.55. The van der Waals surface area contributed by atoms with E-state index in [4.69, 9.17) is 32.7 Å². The van der Waals surface area contributed by atoms with Gasteiger partial charge in [-0.1, -0.05) is 29.3 Å². The molecule has 1 fully saturated rings. The number of benzene rings is 1. The third-order valence-electron chi connectivity index (χ3n) is 4.75. The highest BCUT2D eigenvalue weighted by atomic mass is 35.5. The maximum atomic E-state index is 12.8. The van der Waals surface area contributed by atoms with Gasteiger partial charge in [0, 0.05) is 6.54 Å². The van der Waals surface area contributed by atoms with Gasteiger partial charge in [0.15, 0.2) is 11.5 Å². The highest BCUT2D eigenvalue weighted by Crippen LogP contribution is 2.38. The lowest BCUT2D eigenvalue weighted by Crippen LogP contribution is -2.37. The minimum atomic E-state index is -0.576. The summed E-state index contributed by atoms with van der Waals surface area (Å²) in [6, 6.07) is 5.67. The number of hydrogen-bond acceptors (Lipinski definition) is 5. The van der Waals surface area contributed by atoms with E-state index in [9.17, 15) is 9.59 Å². The summed E-state index contributed by atoms with van der Waals surface area (Å²) in [5, 5.41) is 3.84. The van der Waals surface area contributed by atoms with Gasteiger partial charge in [-0.3, -0.25) is 9.59 Å². The number of ether oxygens (including phenoxy) is 2. The summed E-state index contributed by atoms with van der Waals surface area (Å²) in [4.78, 5) is 26.7. The first-order valence-corrected chi connectivity index (χ1v) is 9.40. The molecule has 27 heavy (non-hydrogen) atoms. The second-order valence-electron chi connectivity index (χ2n) is 6.42. The Labute approximate surface area is 165 Å². The molecular weight excluding hydrogens is 393 g/mol. The van der Waals surface area contributed by atoms with Crippen molar-refractivity contribution in [3.05, 3.63) is 50.4 Å². The maximum absolute atomic E-state index is 12.8. The number of hydrogen-bond donors (Lipinski definition) is 0. The van der Waals surface area contributed by atoms with Crippen molar-refractivity contribution in [2.75, 3.05) is 19.8 Å². The van der Waals surface area contributed by atoms with Crippen LogP contribution in [0.1, 0.15) is 24.4 Å². The number of rotatable bonds is 3. The minimum absolute atomic E-state index is 0.0701. The van der Waals surface area contributed by atoms with Crippen molar-refractivity contribution in [3.8, 4) is 11.5 Å². The van der Waals surface area contributed by atoms with Crippen molar-refractivity contribution in [1.82, 2.24) is 14.7 Å². The number of amides is 1. The zero-order valence-electron chi connectivity index (χ0n) is 14.4. The molecule has 0 aliphatic carbocycles. The van der Waals surface area contributed by atoms with E-state index < -0.39 is 5.56 Å². The first-order chi connectivity index (χ1) is 13.0. The van der Waals surface area contributed by atoms with E-state index in [0.29, 0.717) is 31.3 Å². The molecule has 0 spiro atoms. The lowest BCUT2D eigenvalue weighted by Gasteiger charge is -2.27. The van der Waals surface area contributed by atoms with Gasteiger partial charge in [0.1, 0.15) is 24.8 Å². The smallest absolute Gasteiger partial charge is 0.287 e. The molecular formula is C18H17Cl2N3O4. The first-order valence-electron chi connectivity index (χ1n) is 8.65. The summed E-state index contributed by atoms with van der Waals surface area (Å²) < 4.78 is 12.2. The molecule has 9 heteroatoms.